The molecule has 1 fully saturated rings. The van der Waals surface area contributed by atoms with Gasteiger partial charge in [0.15, 0.2) is 0 Å². The lowest BCUT2D eigenvalue weighted by Crippen LogP contribution is -2.46. The van der Waals surface area contributed by atoms with Crippen LogP contribution in [-0.4, -0.2) is 38.9 Å². The van der Waals surface area contributed by atoms with E-state index < -0.39 is 23.2 Å². The second-order valence-electron chi connectivity index (χ2n) is 4.85. The van der Waals surface area contributed by atoms with Crippen molar-refractivity contribution in [1.29, 1.82) is 0 Å². The van der Waals surface area contributed by atoms with Crippen molar-refractivity contribution in [3.8, 4) is 0 Å². The SMILES string of the molecule is Cc1cn(CC(=O)N2CCCC2C(N)=O)c(=O)[nH]c1=O. The Kier molecular flexibility index (Phi) is 3.73. The molecule has 2 amide bonds. The van der Waals surface area contributed by atoms with E-state index in [1.54, 1.807) is 6.92 Å². The van der Waals surface area contributed by atoms with Gasteiger partial charge < -0.3 is 10.6 Å². The molecule has 0 aliphatic carbocycles. The van der Waals surface area contributed by atoms with E-state index in [2.05, 4.69) is 4.98 Å². The van der Waals surface area contributed by atoms with Crippen molar-refractivity contribution in [3.63, 3.8) is 0 Å². The van der Waals surface area contributed by atoms with Gasteiger partial charge in [-0.25, -0.2) is 4.79 Å². The van der Waals surface area contributed by atoms with Gasteiger partial charge >= 0.3 is 5.69 Å². The minimum Gasteiger partial charge on any atom is -0.368 e. The van der Waals surface area contributed by atoms with E-state index in [9.17, 15) is 19.2 Å². The topological polar surface area (TPSA) is 118 Å². The van der Waals surface area contributed by atoms with E-state index in [0.717, 1.165) is 4.57 Å². The molecule has 1 aromatic heterocycles. The normalized spacial score (nSPS) is 18.2. The van der Waals surface area contributed by atoms with Gasteiger partial charge in [-0.3, -0.25) is 23.9 Å². The van der Waals surface area contributed by atoms with Gasteiger partial charge in [0.2, 0.25) is 11.8 Å². The molecule has 2 heterocycles. The van der Waals surface area contributed by atoms with Gasteiger partial charge in [-0.1, -0.05) is 0 Å². The highest BCUT2D eigenvalue weighted by atomic mass is 16.2. The minimum absolute atomic E-state index is 0.222. The third kappa shape index (κ3) is 2.63. The molecule has 1 aliphatic heterocycles. The van der Waals surface area contributed by atoms with Crippen LogP contribution >= 0.6 is 0 Å². The Balaban J connectivity index is 2.20. The maximum Gasteiger partial charge on any atom is 0.328 e. The zero-order chi connectivity index (χ0) is 14.9. The van der Waals surface area contributed by atoms with Gasteiger partial charge in [-0.05, 0) is 19.8 Å². The third-order valence-electron chi connectivity index (χ3n) is 3.40. The lowest BCUT2D eigenvalue weighted by atomic mass is 10.2. The Labute approximate surface area is 114 Å². The third-order valence-corrected chi connectivity index (χ3v) is 3.40. The number of rotatable bonds is 3. The summed E-state index contributed by atoms with van der Waals surface area (Å²) in [6.07, 6.45) is 2.58. The summed E-state index contributed by atoms with van der Waals surface area (Å²) in [5.74, 6) is -0.902. The highest BCUT2D eigenvalue weighted by Crippen LogP contribution is 2.17. The zero-order valence-corrected chi connectivity index (χ0v) is 11.1. The van der Waals surface area contributed by atoms with Crippen LogP contribution < -0.4 is 17.0 Å². The summed E-state index contributed by atoms with van der Waals surface area (Å²) >= 11 is 0. The van der Waals surface area contributed by atoms with Gasteiger partial charge in [0.1, 0.15) is 12.6 Å². The zero-order valence-electron chi connectivity index (χ0n) is 11.1. The number of aryl methyl sites for hydroxylation is 1. The van der Waals surface area contributed by atoms with Gasteiger partial charge in [0, 0.05) is 18.3 Å². The number of primary amides is 1. The number of hydrogen-bond donors (Lipinski definition) is 2. The number of likely N-dealkylation sites (tertiary alicyclic amines) is 1. The van der Waals surface area contributed by atoms with Crippen LogP contribution in [-0.2, 0) is 16.1 Å². The average molecular weight is 280 g/mol. The van der Waals surface area contributed by atoms with Crippen molar-refractivity contribution < 1.29 is 9.59 Å². The van der Waals surface area contributed by atoms with Crippen LogP contribution in [0, 0.1) is 6.92 Å². The number of carbonyl (C=O) groups excluding carboxylic acids is 2. The van der Waals surface area contributed by atoms with Crippen LogP contribution in [0.1, 0.15) is 18.4 Å². The van der Waals surface area contributed by atoms with Crippen molar-refractivity contribution in [2.75, 3.05) is 6.54 Å². The summed E-state index contributed by atoms with van der Waals surface area (Å²) in [5.41, 5.74) is 4.46. The molecule has 0 spiro atoms. The molecule has 3 N–H and O–H groups in total. The Morgan fingerprint density at radius 1 is 1.45 bits per heavy atom. The lowest BCUT2D eigenvalue weighted by molar-refractivity contribution is -0.137. The molecule has 0 saturated carbocycles. The van der Waals surface area contributed by atoms with Crippen molar-refractivity contribution in [2.45, 2.75) is 32.4 Å². The van der Waals surface area contributed by atoms with Crippen LogP contribution in [0.5, 0.6) is 0 Å². The highest BCUT2D eigenvalue weighted by molar-refractivity contribution is 5.87. The van der Waals surface area contributed by atoms with Crippen molar-refractivity contribution in [2.24, 2.45) is 5.73 Å². The largest absolute Gasteiger partial charge is 0.368 e. The summed E-state index contributed by atoms with van der Waals surface area (Å²) in [6, 6.07) is -0.609. The number of hydrogen-bond acceptors (Lipinski definition) is 4. The minimum atomic E-state index is -0.649. The van der Waals surface area contributed by atoms with Crippen molar-refractivity contribution in [3.05, 3.63) is 32.6 Å². The van der Waals surface area contributed by atoms with E-state index in [-0.39, 0.29) is 12.5 Å². The molecule has 2 rings (SSSR count). The molecule has 1 saturated heterocycles. The maximum atomic E-state index is 12.1. The fraction of sp³-hybridized carbons (Fsp3) is 0.500. The first-order chi connectivity index (χ1) is 9.40. The standard InChI is InChI=1S/C12H16N4O4/c1-7-5-15(12(20)14-11(7)19)6-9(17)16-4-2-3-8(16)10(13)18/h5,8H,2-4,6H2,1H3,(H2,13,18)(H,14,19,20). The first-order valence-electron chi connectivity index (χ1n) is 6.29. The first kappa shape index (κ1) is 14.0. The molecular formula is C12H16N4O4. The Morgan fingerprint density at radius 3 is 2.80 bits per heavy atom. The number of nitrogens with zero attached hydrogens (tertiary/aromatic N) is 2. The summed E-state index contributed by atoms with van der Waals surface area (Å²) < 4.78 is 1.12. The van der Waals surface area contributed by atoms with E-state index in [1.807, 2.05) is 0 Å². The Hall–Kier alpha value is -2.38. The molecule has 1 aliphatic rings. The summed E-state index contributed by atoms with van der Waals surface area (Å²) in [5, 5.41) is 0. The number of nitrogens with two attached hydrogens (primary N) is 1. The second kappa shape index (κ2) is 5.32. The highest BCUT2D eigenvalue weighted by Gasteiger charge is 2.32. The average Bonchev–Trinajstić information content (AvgIpc) is 2.85. The number of carbonyl (C=O) groups is 2. The second-order valence-corrected chi connectivity index (χ2v) is 4.85. The number of H-pyrrole nitrogens is 1. The lowest BCUT2D eigenvalue weighted by Gasteiger charge is -2.22. The molecule has 0 bridgehead atoms. The van der Waals surface area contributed by atoms with Crippen LogP contribution in [0.3, 0.4) is 0 Å². The van der Waals surface area contributed by atoms with Gasteiger partial charge in [0.05, 0.1) is 0 Å². The fourth-order valence-corrected chi connectivity index (χ4v) is 2.33. The molecule has 8 heteroatoms. The summed E-state index contributed by atoms with van der Waals surface area (Å²) in [4.78, 5) is 49.8. The fourth-order valence-electron chi connectivity index (χ4n) is 2.33. The first-order valence-corrected chi connectivity index (χ1v) is 6.29. The molecule has 20 heavy (non-hydrogen) atoms. The maximum absolute atomic E-state index is 12.1. The molecule has 1 unspecified atom stereocenters. The summed E-state index contributed by atoms with van der Waals surface area (Å²) in [6.45, 7) is 1.77. The molecule has 108 valence electrons. The predicted octanol–water partition coefficient (Wildman–Crippen LogP) is -1.68. The van der Waals surface area contributed by atoms with Crippen molar-refractivity contribution in [1.82, 2.24) is 14.5 Å². The van der Waals surface area contributed by atoms with Gasteiger partial charge in [0.25, 0.3) is 5.56 Å². The Bertz CT molecular complexity index is 660. The van der Waals surface area contributed by atoms with Crippen LogP contribution in [0.25, 0.3) is 0 Å². The number of aromatic amines is 1. The molecule has 1 atom stereocenters. The molecular weight excluding hydrogens is 264 g/mol. The smallest absolute Gasteiger partial charge is 0.328 e. The Morgan fingerprint density at radius 2 is 2.15 bits per heavy atom. The van der Waals surface area contributed by atoms with E-state index >= 15 is 0 Å². The van der Waals surface area contributed by atoms with Crippen molar-refractivity contribution >= 4 is 11.8 Å². The monoisotopic (exact) mass is 280 g/mol. The summed E-state index contributed by atoms with van der Waals surface area (Å²) in [7, 11) is 0. The van der Waals surface area contributed by atoms with E-state index in [4.69, 9.17) is 5.73 Å². The predicted molar refractivity (Wildman–Crippen MR) is 70.0 cm³/mol. The van der Waals surface area contributed by atoms with Gasteiger partial charge in [-0.2, -0.15) is 0 Å². The molecule has 8 nitrogen and oxygen atoms in total. The van der Waals surface area contributed by atoms with Crippen LogP contribution in [0.4, 0.5) is 0 Å². The number of nitrogens with one attached hydrogen (secondary N) is 1. The number of amides is 2. The molecule has 0 radical (unpaired) electrons. The molecule has 0 aromatic carbocycles. The number of aromatic nitrogens is 2. The van der Waals surface area contributed by atoms with E-state index in [1.165, 1.54) is 11.1 Å². The van der Waals surface area contributed by atoms with Gasteiger partial charge in [-0.15, -0.1) is 0 Å². The quantitative estimate of drug-likeness (QED) is 0.687. The van der Waals surface area contributed by atoms with Crippen LogP contribution in [0.2, 0.25) is 0 Å². The molecule has 1 aromatic rings. The van der Waals surface area contributed by atoms with Crippen LogP contribution in [0.15, 0.2) is 15.8 Å². The van der Waals surface area contributed by atoms with E-state index in [0.29, 0.717) is 24.9 Å².